The highest BCUT2D eigenvalue weighted by atomic mass is 15.4. The first kappa shape index (κ1) is 13.1. The maximum Gasteiger partial charge on any atom is 0.151 e. The van der Waals surface area contributed by atoms with Gasteiger partial charge in [0.15, 0.2) is 5.82 Å². The van der Waals surface area contributed by atoms with Crippen molar-refractivity contribution in [1.29, 1.82) is 0 Å². The number of rotatable bonds is 3. The summed E-state index contributed by atoms with van der Waals surface area (Å²) in [5.41, 5.74) is 6.08. The molecule has 106 valence electrons. The standard InChI is InChI=1S/C14H25N5/c1-10(2)18-7-6-11(9-18)8-13-16-14-5-3-4-12(15)19(14)17-13/h10-12H,3-9,15H2,1-2H3. The maximum atomic E-state index is 6.08. The smallest absolute Gasteiger partial charge is 0.151 e. The molecule has 2 aliphatic rings. The molecule has 2 unspecified atom stereocenters. The molecular formula is C14H25N5. The Morgan fingerprint density at radius 2 is 2.21 bits per heavy atom. The highest BCUT2D eigenvalue weighted by Crippen LogP contribution is 2.23. The number of hydrogen-bond acceptors (Lipinski definition) is 4. The second-order valence-electron chi connectivity index (χ2n) is 6.30. The van der Waals surface area contributed by atoms with Crippen molar-refractivity contribution in [2.45, 2.75) is 58.2 Å². The topological polar surface area (TPSA) is 60.0 Å². The van der Waals surface area contributed by atoms with Gasteiger partial charge in [0.1, 0.15) is 12.0 Å². The second kappa shape index (κ2) is 5.21. The van der Waals surface area contributed by atoms with E-state index in [1.807, 2.05) is 4.68 Å². The Balaban J connectivity index is 1.65. The van der Waals surface area contributed by atoms with E-state index in [2.05, 4.69) is 28.8 Å². The summed E-state index contributed by atoms with van der Waals surface area (Å²) < 4.78 is 1.95. The van der Waals surface area contributed by atoms with Crippen molar-refractivity contribution in [3.05, 3.63) is 11.6 Å². The molecule has 5 heteroatoms. The van der Waals surface area contributed by atoms with Gasteiger partial charge in [-0.05, 0) is 45.6 Å². The summed E-state index contributed by atoms with van der Waals surface area (Å²) in [6, 6.07) is 0.654. The molecule has 1 saturated heterocycles. The Kier molecular flexibility index (Phi) is 3.58. The largest absolute Gasteiger partial charge is 0.310 e. The van der Waals surface area contributed by atoms with Crippen molar-refractivity contribution < 1.29 is 0 Å². The van der Waals surface area contributed by atoms with Gasteiger partial charge >= 0.3 is 0 Å². The van der Waals surface area contributed by atoms with E-state index in [4.69, 9.17) is 5.73 Å². The minimum absolute atomic E-state index is 0.0424. The molecular weight excluding hydrogens is 238 g/mol. The van der Waals surface area contributed by atoms with Crippen molar-refractivity contribution in [1.82, 2.24) is 19.7 Å². The third-order valence-corrected chi connectivity index (χ3v) is 4.48. The lowest BCUT2D eigenvalue weighted by molar-refractivity contribution is 0.264. The fraction of sp³-hybridized carbons (Fsp3) is 0.857. The number of nitrogens with two attached hydrogens (primary N) is 1. The third kappa shape index (κ3) is 2.67. The molecule has 0 saturated carbocycles. The van der Waals surface area contributed by atoms with E-state index >= 15 is 0 Å². The van der Waals surface area contributed by atoms with Crippen LogP contribution in [-0.4, -0.2) is 38.8 Å². The molecule has 3 heterocycles. The summed E-state index contributed by atoms with van der Waals surface area (Å²) in [4.78, 5) is 7.24. The Morgan fingerprint density at radius 3 is 2.89 bits per heavy atom. The Labute approximate surface area is 115 Å². The highest BCUT2D eigenvalue weighted by Gasteiger charge is 2.27. The Bertz CT molecular complexity index is 439. The Hall–Kier alpha value is -0.940. The first-order valence-corrected chi connectivity index (χ1v) is 7.57. The molecule has 1 aromatic rings. The predicted octanol–water partition coefficient (Wildman–Crippen LogP) is 1.34. The van der Waals surface area contributed by atoms with Crippen LogP contribution in [0.5, 0.6) is 0 Å². The molecule has 2 N–H and O–H groups in total. The van der Waals surface area contributed by atoms with Crippen LogP contribution in [0.2, 0.25) is 0 Å². The lowest BCUT2D eigenvalue weighted by Crippen LogP contribution is -2.28. The third-order valence-electron chi connectivity index (χ3n) is 4.48. The predicted molar refractivity (Wildman–Crippen MR) is 74.7 cm³/mol. The van der Waals surface area contributed by atoms with Gasteiger partial charge in [-0.25, -0.2) is 9.67 Å². The SMILES string of the molecule is CC(C)N1CCC(Cc2nc3n(n2)C(N)CCC3)C1. The molecule has 0 amide bonds. The number of likely N-dealkylation sites (tertiary alicyclic amines) is 1. The van der Waals surface area contributed by atoms with Crippen LogP contribution in [0.4, 0.5) is 0 Å². The summed E-state index contributed by atoms with van der Waals surface area (Å²) in [5, 5.41) is 4.63. The van der Waals surface area contributed by atoms with E-state index in [9.17, 15) is 0 Å². The van der Waals surface area contributed by atoms with Gasteiger partial charge in [-0.3, -0.25) is 0 Å². The van der Waals surface area contributed by atoms with Crippen molar-refractivity contribution in [3.8, 4) is 0 Å². The van der Waals surface area contributed by atoms with E-state index in [-0.39, 0.29) is 6.17 Å². The summed E-state index contributed by atoms with van der Waals surface area (Å²) >= 11 is 0. The van der Waals surface area contributed by atoms with Crippen molar-refractivity contribution in [2.75, 3.05) is 13.1 Å². The molecule has 19 heavy (non-hydrogen) atoms. The summed E-state index contributed by atoms with van der Waals surface area (Å²) in [5.74, 6) is 2.80. The molecule has 0 spiro atoms. The first-order valence-electron chi connectivity index (χ1n) is 7.57. The van der Waals surface area contributed by atoms with E-state index < -0.39 is 0 Å². The molecule has 0 radical (unpaired) electrons. The van der Waals surface area contributed by atoms with Crippen molar-refractivity contribution in [2.24, 2.45) is 11.7 Å². The Morgan fingerprint density at radius 1 is 1.37 bits per heavy atom. The number of hydrogen-bond donors (Lipinski definition) is 1. The van der Waals surface area contributed by atoms with E-state index in [0.717, 1.165) is 37.3 Å². The number of fused-ring (bicyclic) bond motifs is 1. The molecule has 1 fully saturated rings. The van der Waals surface area contributed by atoms with E-state index in [1.54, 1.807) is 0 Å². The van der Waals surface area contributed by atoms with Gasteiger partial charge in [0.2, 0.25) is 0 Å². The zero-order chi connectivity index (χ0) is 13.4. The average Bonchev–Trinajstić information content (AvgIpc) is 2.96. The average molecular weight is 263 g/mol. The highest BCUT2D eigenvalue weighted by molar-refractivity contribution is 4.99. The van der Waals surface area contributed by atoms with Crippen LogP contribution in [0.25, 0.3) is 0 Å². The van der Waals surface area contributed by atoms with E-state index in [1.165, 1.54) is 19.5 Å². The fourth-order valence-electron chi connectivity index (χ4n) is 3.28. The molecule has 0 aliphatic carbocycles. The molecule has 5 nitrogen and oxygen atoms in total. The zero-order valence-corrected chi connectivity index (χ0v) is 12.0. The molecule has 3 rings (SSSR count). The molecule has 0 aromatic carbocycles. The van der Waals surface area contributed by atoms with Gasteiger partial charge in [0.25, 0.3) is 0 Å². The van der Waals surface area contributed by atoms with Crippen molar-refractivity contribution >= 4 is 0 Å². The minimum Gasteiger partial charge on any atom is -0.310 e. The normalized spacial score (nSPS) is 28.0. The lowest BCUT2D eigenvalue weighted by Gasteiger charge is -2.19. The van der Waals surface area contributed by atoms with E-state index in [0.29, 0.717) is 12.0 Å². The fourth-order valence-corrected chi connectivity index (χ4v) is 3.28. The quantitative estimate of drug-likeness (QED) is 0.894. The van der Waals surface area contributed by atoms with Crippen LogP contribution < -0.4 is 5.73 Å². The zero-order valence-electron chi connectivity index (χ0n) is 12.0. The lowest BCUT2D eigenvalue weighted by atomic mass is 10.0. The van der Waals surface area contributed by atoms with Crippen LogP contribution in [0.15, 0.2) is 0 Å². The van der Waals surface area contributed by atoms with Crippen LogP contribution in [-0.2, 0) is 12.8 Å². The summed E-state index contributed by atoms with van der Waals surface area (Å²) in [7, 11) is 0. The van der Waals surface area contributed by atoms with Gasteiger partial charge in [-0.2, -0.15) is 5.10 Å². The van der Waals surface area contributed by atoms with Crippen LogP contribution in [0.1, 0.15) is 50.9 Å². The summed E-state index contributed by atoms with van der Waals surface area (Å²) in [6.07, 6.45) is 5.53. The monoisotopic (exact) mass is 263 g/mol. The molecule has 0 bridgehead atoms. The first-order chi connectivity index (χ1) is 9.13. The van der Waals surface area contributed by atoms with Gasteiger partial charge in [-0.1, -0.05) is 0 Å². The van der Waals surface area contributed by atoms with Crippen molar-refractivity contribution in [3.63, 3.8) is 0 Å². The summed E-state index contributed by atoms with van der Waals surface area (Å²) in [6.45, 7) is 6.95. The van der Waals surface area contributed by atoms with Crippen LogP contribution >= 0.6 is 0 Å². The molecule has 2 atom stereocenters. The maximum absolute atomic E-state index is 6.08. The van der Waals surface area contributed by atoms with Gasteiger partial charge in [0.05, 0.1) is 0 Å². The van der Waals surface area contributed by atoms with Gasteiger partial charge in [0, 0.05) is 25.4 Å². The van der Waals surface area contributed by atoms with Crippen LogP contribution in [0, 0.1) is 5.92 Å². The number of nitrogens with zero attached hydrogens (tertiary/aromatic N) is 4. The number of aryl methyl sites for hydroxylation is 1. The molecule has 1 aromatic heterocycles. The minimum atomic E-state index is 0.0424. The second-order valence-corrected chi connectivity index (χ2v) is 6.30. The van der Waals surface area contributed by atoms with Gasteiger partial charge in [-0.15, -0.1) is 0 Å². The van der Waals surface area contributed by atoms with Gasteiger partial charge < -0.3 is 10.6 Å². The van der Waals surface area contributed by atoms with Crippen LogP contribution in [0.3, 0.4) is 0 Å². The molecule has 2 aliphatic heterocycles. The number of aromatic nitrogens is 3.